The molecule has 164 valence electrons. The lowest BCUT2D eigenvalue weighted by Crippen LogP contribution is -2.07. The summed E-state index contributed by atoms with van der Waals surface area (Å²) in [7, 11) is 0. The van der Waals surface area contributed by atoms with Gasteiger partial charge < -0.3 is 15.5 Å². The van der Waals surface area contributed by atoms with Gasteiger partial charge in [0.2, 0.25) is 5.95 Å². The lowest BCUT2D eigenvalue weighted by atomic mass is 9.95. The van der Waals surface area contributed by atoms with Crippen molar-refractivity contribution < 1.29 is 19.0 Å². The zero-order valence-corrected chi connectivity index (χ0v) is 17.2. The van der Waals surface area contributed by atoms with E-state index in [0.717, 1.165) is 0 Å². The maximum Gasteiger partial charge on any atom is 0.227 e. The first-order valence-corrected chi connectivity index (χ1v) is 10.2. The van der Waals surface area contributed by atoms with Crippen LogP contribution in [0.1, 0.15) is 28.5 Å². The predicted molar refractivity (Wildman–Crippen MR) is 120 cm³/mol. The number of nitrogens with one attached hydrogen (secondary N) is 1. The van der Waals surface area contributed by atoms with Gasteiger partial charge in [0, 0.05) is 39.7 Å². The van der Waals surface area contributed by atoms with Gasteiger partial charge in [-0.05, 0) is 42.5 Å². The molecule has 2 heterocycles. The lowest BCUT2D eigenvalue weighted by molar-refractivity contribution is -0.0424. The normalized spacial score (nSPS) is 12.6. The van der Waals surface area contributed by atoms with Crippen LogP contribution in [-0.2, 0) is 6.54 Å². The Kier molecular flexibility index (Phi) is 5.37. The SMILES string of the molecule is OC(O)c1ccc(Nc2ncc3c(n2)-c2cc(F)ccc2C(c2ccccc2F)=NC3)cc1. The number of fused-ring (bicyclic) bond motifs is 3. The van der Waals surface area contributed by atoms with Crippen LogP contribution in [0.25, 0.3) is 11.3 Å². The first kappa shape index (κ1) is 20.9. The topological polar surface area (TPSA) is 90.6 Å². The number of aliphatic hydroxyl groups excluding tert-OH is 1. The van der Waals surface area contributed by atoms with Crippen molar-refractivity contribution >= 4 is 17.3 Å². The van der Waals surface area contributed by atoms with Crippen molar-refractivity contribution in [3.63, 3.8) is 0 Å². The summed E-state index contributed by atoms with van der Waals surface area (Å²) in [4.78, 5) is 13.6. The molecule has 0 amide bonds. The number of aliphatic hydroxyl groups is 2. The molecule has 33 heavy (non-hydrogen) atoms. The summed E-state index contributed by atoms with van der Waals surface area (Å²) in [6.45, 7) is 0.207. The number of halogens is 2. The van der Waals surface area contributed by atoms with Gasteiger partial charge in [0.15, 0.2) is 6.29 Å². The number of rotatable bonds is 4. The fraction of sp³-hybridized carbons (Fsp3) is 0.0800. The molecule has 8 heteroatoms. The molecular formula is C25H18F2N4O2. The molecule has 1 aromatic heterocycles. The number of nitrogens with zero attached hydrogens (tertiary/aromatic N) is 3. The van der Waals surface area contributed by atoms with E-state index in [1.807, 2.05) is 0 Å². The number of anilines is 2. The fourth-order valence-electron chi connectivity index (χ4n) is 3.74. The molecule has 3 N–H and O–H groups in total. The van der Waals surface area contributed by atoms with Crippen molar-refractivity contribution in [2.24, 2.45) is 4.99 Å². The summed E-state index contributed by atoms with van der Waals surface area (Å²) in [5.41, 5.74) is 3.99. The second-order valence-electron chi connectivity index (χ2n) is 7.52. The zero-order chi connectivity index (χ0) is 22.9. The lowest BCUT2D eigenvalue weighted by Gasteiger charge is -2.13. The Morgan fingerprint density at radius 3 is 2.42 bits per heavy atom. The number of aromatic nitrogens is 2. The van der Waals surface area contributed by atoms with E-state index < -0.39 is 17.9 Å². The molecule has 0 saturated carbocycles. The summed E-state index contributed by atoms with van der Waals surface area (Å²) in [6.07, 6.45) is 0.0526. The Labute approximate surface area is 187 Å². The van der Waals surface area contributed by atoms with Gasteiger partial charge in [0.05, 0.1) is 18.0 Å². The highest BCUT2D eigenvalue weighted by Gasteiger charge is 2.23. The van der Waals surface area contributed by atoms with Crippen LogP contribution in [0.2, 0.25) is 0 Å². The van der Waals surface area contributed by atoms with E-state index in [1.165, 1.54) is 18.2 Å². The number of hydrogen-bond acceptors (Lipinski definition) is 6. The van der Waals surface area contributed by atoms with Crippen LogP contribution in [0.15, 0.2) is 77.9 Å². The highest BCUT2D eigenvalue weighted by Crippen LogP contribution is 2.33. The average molecular weight is 444 g/mol. The van der Waals surface area contributed by atoms with Crippen molar-refractivity contribution in [3.05, 3.63) is 107 Å². The van der Waals surface area contributed by atoms with Crippen molar-refractivity contribution in [1.29, 1.82) is 0 Å². The Morgan fingerprint density at radius 1 is 0.879 bits per heavy atom. The van der Waals surface area contributed by atoms with Crippen LogP contribution in [0, 0.1) is 11.6 Å². The molecule has 4 aromatic rings. The first-order chi connectivity index (χ1) is 16.0. The van der Waals surface area contributed by atoms with Crippen LogP contribution in [-0.4, -0.2) is 25.9 Å². The fourth-order valence-corrected chi connectivity index (χ4v) is 3.74. The molecule has 0 saturated heterocycles. The molecule has 0 atom stereocenters. The Morgan fingerprint density at radius 2 is 1.67 bits per heavy atom. The molecule has 3 aromatic carbocycles. The first-order valence-electron chi connectivity index (χ1n) is 10.2. The molecule has 0 spiro atoms. The van der Waals surface area contributed by atoms with Crippen molar-refractivity contribution in [1.82, 2.24) is 9.97 Å². The van der Waals surface area contributed by atoms with E-state index in [4.69, 9.17) is 0 Å². The zero-order valence-electron chi connectivity index (χ0n) is 17.2. The molecule has 6 nitrogen and oxygen atoms in total. The van der Waals surface area contributed by atoms with Crippen LogP contribution >= 0.6 is 0 Å². The molecule has 0 unspecified atom stereocenters. The van der Waals surface area contributed by atoms with Crippen molar-refractivity contribution in [2.45, 2.75) is 12.8 Å². The summed E-state index contributed by atoms with van der Waals surface area (Å²) >= 11 is 0. The van der Waals surface area contributed by atoms with Gasteiger partial charge >= 0.3 is 0 Å². The van der Waals surface area contributed by atoms with Gasteiger partial charge in [-0.3, -0.25) is 4.99 Å². The second-order valence-corrected chi connectivity index (χ2v) is 7.52. The maximum atomic E-state index is 14.6. The van der Waals surface area contributed by atoms with Gasteiger partial charge in [-0.2, -0.15) is 0 Å². The molecule has 0 aliphatic carbocycles. The van der Waals surface area contributed by atoms with Crippen molar-refractivity contribution in [2.75, 3.05) is 5.32 Å². The number of hydrogen-bond donors (Lipinski definition) is 3. The Hall–Kier alpha value is -4.01. The maximum absolute atomic E-state index is 14.6. The quantitative estimate of drug-likeness (QED) is 0.403. The van der Waals surface area contributed by atoms with E-state index in [9.17, 15) is 19.0 Å². The third kappa shape index (κ3) is 4.09. The molecule has 0 radical (unpaired) electrons. The highest BCUT2D eigenvalue weighted by atomic mass is 19.1. The third-order valence-electron chi connectivity index (χ3n) is 5.36. The smallest absolute Gasteiger partial charge is 0.227 e. The largest absolute Gasteiger partial charge is 0.364 e. The number of aliphatic imine (C=N–C) groups is 1. The molecule has 1 aliphatic rings. The third-order valence-corrected chi connectivity index (χ3v) is 5.36. The van der Waals surface area contributed by atoms with E-state index in [0.29, 0.717) is 44.9 Å². The van der Waals surface area contributed by atoms with E-state index in [2.05, 4.69) is 20.3 Å². The summed E-state index contributed by atoms with van der Waals surface area (Å²) in [5.74, 6) is -0.585. The second kappa shape index (κ2) is 8.50. The Balaban J connectivity index is 1.57. The monoisotopic (exact) mass is 444 g/mol. The summed E-state index contributed by atoms with van der Waals surface area (Å²) < 4.78 is 28.8. The molecule has 1 aliphatic heterocycles. The van der Waals surface area contributed by atoms with Crippen molar-refractivity contribution in [3.8, 4) is 11.3 Å². The summed E-state index contributed by atoms with van der Waals surface area (Å²) in [5, 5.41) is 21.6. The number of benzene rings is 3. The molecule has 0 fully saturated rings. The Bertz CT molecular complexity index is 1370. The van der Waals surface area contributed by atoms with Crippen LogP contribution < -0.4 is 5.32 Å². The van der Waals surface area contributed by atoms with E-state index in [1.54, 1.807) is 54.7 Å². The van der Waals surface area contributed by atoms with Crippen LogP contribution in [0.3, 0.4) is 0 Å². The minimum Gasteiger partial charge on any atom is -0.364 e. The minimum absolute atomic E-state index is 0.207. The van der Waals surface area contributed by atoms with Gasteiger partial charge in [-0.25, -0.2) is 18.7 Å². The molecule has 5 rings (SSSR count). The molecule has 0 bridgehead atoms. The van der Waals surface area contributed by atoms with Gasteiger partial charge in [0.25, 0.3) is 0 Å². The van der Waals surface area contributed by atoms with E-state index in [-0.39, 0.29) is 12.5 Å². The minimum atomic E-state index is -1.56. The van der Waals surface area contributed by atoms with Gasteiger partial charge in [-0.1, -0.05) is 24.3 Å². The van der Waals surface area contributed by atoms with Crippen LogP contribution in [0.5, 0.6) is 0 Å². The standard InChI is InChI=1S/C25H18F2N4O2/c26-16-7-10-18-20(11-16)22-15(12-28-23(18)19-3-1-2-4-21(19)27)13-29-25(31-22)30-17-8-5-14(6-9-17)24(32)33/h1-11,13,24,32-33H,12H2,(H,29,30,31). The van der Waals surface area contributed by atoms with Gasteiger partial charge in [-0.15, -0.1) is 0 Å². The van der Waals surface area contributed by atoms with Gasteiger partial charge in [0.1, 0.15) is 11.6 Å². The predicted octanol–water partition coefficient (Wildman–Crippen LogP) is 4.50. The van der Waals surface area contributed by atoms with E-state index >= 15 is 0 Å². The average Bonchev–Trinajstić information content (AvgIpc) is 2.96. The highest BCUT2D eigenvalue weighted by molar-refractivity contribution is 6.16. The van der Waals surface area contributed by atoms with Crippen LogP contribution in [0.4, 0.5) is 20.4 Å². The molecular weight excluding hydrogens is 426 g/mol. The summed E-state index contributed by atoms with van der Waals surface area (Å²) in [6, 6.07) is 17.1.